The van der Waals surface area contributed by atoms with Gasteiger partial charge in [-0.15, -0.1) is 0 Å². The summed E-state index contributed by atoms with van der Waals surface area (Å²) in [6.07, 6.45) is 3.42. The maximum atomic E-state index is 13.8. The maximum Gasteiger partial charge on any atom is 0.341 e. The lowest BCUT2D eigenvalue weighted by molar-refractivity contribution is -0.0152. The highest BCUT2D eigenvalue weighted by molar-refractivity contribution is 5.90. The van der Waals surface area contributed by atoms with Gasteiger partial charge >= 0.3 is 5.97 Å². The summed E-state index contributed by atoms with van der Waals surface area (Å²) < 4.78 is 24.5. The fourth-order valence-electron chi connectivity index (χ4n) is 2.44. The van der Waals surface area contributed by atoms with Crippen LogP contribution in [0.5, 0.6) is 0 Å². The Morgan fingerprint density at radius 2 is 2.05 bits per heavy atom. The number of benzene rings is 1. The van der Waals surface area contributed by atoms with Crippen molar-refractivity contribution in [2.75, 3.05) is 7.11 Å². The molecule has 1 aromatic carbocycles. The lowest BCUT2D eigenvalue weighted by Crippen LogP contribution is -2.29. The van der Waals surface area contributed by atoms with E-state index < -0.39 is 11.8 Å². The van der Waals surface area contributed by atoms with Gasteiger partial charge in [-0.2, -0.15) is 0 Å². The van der Waals surface area contributed by atoms with Crippen molar-refractivity contribution in [2.24, 2.45) is 0 Å². The van der Waals surface area contributed by atoms with E-state index in [-0.39, 0.29) is 17.8 Å². The van der Waals surface area contributed by atoms with Crippen molar-refractivity contribution in [3.05, 3.63) is 35.1 Å². The van der Waals surface area contributed by atoms with Gasteiger partial charge in [-0.3, -0.25) is 0 Å². The van der Waals surface area contributed by atoms with Crippen LogP contribution in [0.15, 0.2) is 18.2 Å². The lowest BCUT2D eigenvalue weighted by Gasteiger charge is -2.27. The van der Waals surface area contributed by atoms with Gasteiger partial charge in [0.25, 0.3) is 0 Å². The van der Waals surface area contributed by atoms with E-state index in [1.807, 2.05) is 0 Å². The van der Waals surface area contributed by atoms with Crippen molar-refractivity contribution in [3.8, 4) is 0 Å². The summed E-state index contributed by atoms with van der Waals surface area (Å²) in [5.41, 5.74) is 0.465. The fraction of sp³-hybridized carbons (Fsp3) is 0.533. The van der Waals surface area contributed by atoms with Crippen molar-refractivity contribution in [1.29, 1.82) is 0 Å². The summed E-state index contributed by atoms with van der Waals surface area (Å²) in [5.74, 6) is -1.07. The van der Waals surface area contributed by atoms with Crippen LogP contribution in [0.3, 0.4) is 0 Å². The molecule has 0 saturated heterocycles. The summed E-state index contributed by atoms with van der Waals surface area (Å²) in [4.78, 5) is 12.0. The number of hydrogen-bond donors (Lipinski definition) is 0. The minimum Gasteiger partial charge on any atom is -0.459 e. The molecule has 0 aliphatic heterocycles. The Kier molecular flexibility index (Phi) is 4.53. The first-order valence-electron chi connectivity index (χ1n) is 6.60. The van der Waals surface area contributed by atoms with Crippen molar-refractivity contribution < 1.29 is 18.7 Å². The first kappa shape index (κ1) is 14.0. The van der Waals surface area contributed by atoms with Gasteiger partial charge in [-0.25, -0.2) is 9.18 Å². The van der Waals surface area contributed by atoms with Crippen LogP contribution in [0, 0.1) is 12.7 Å². The molecule has 3 nitrogen and oxygen atoms in total. The van der Waals surface area contributed by atoms with Crippen molar-refractivity contribution in [1.82, 2.24) is 0 Å². The molecule has 2 unspecified atom stereocenters. The van der Waals surface area contributed by atoms with Crippen LogP contribution in [0.1, 0.15) is 41.6 Å². The van der Waals surface area contributed by atoms with Crippen molar-refractivity contribution in [3.63, 3.8) is 0 Å². The molecule has 2 rings (SSSR count). The highest BCUT2D eigenvalue weighted by Crippen LogP contribution is 2.24. The zero-order chi connectivity index (χ0) is 13.8. The van der Waals surface area contributed by atoms with Crippen LogP contribution >= 0.6 is 0 Å². The molecule has 1 aliphatic carbocycles. The molecule has 1 aliphatic rings. The average molecular weight is 266 g/mol. The van der Waals surface area contributed by atoms with Crippen molar-refractivity contribution in [2.45, 2.75) is 44.8 Å². The standard InChI is InChI=1S/C15H19FO3/c1-10-5-3-8-13(14(10)16)15(17)19-12-7-4-6-11(9-12)18-2/h3,5,8,11-12H,4,6-7,9H2,1-2H3. The lowest BCUT2D eigenvalue weighted by atomic mass is 9.95. The van der Waals surface area contributed by atoms with Gasteiger partial charge in [0.05, 0.1) is 11.7 Å². The number of esters is 1. The van der Waals surface area contributed by atoms with E-state index in [9.17, 15) is 9.18 Å². The first-order chi connectivity index (χ1) is 9.11. The summed E-state index contributed by atoms with van der Waals surface area (Å²) in [7, 11) is 1.66. The Morgan fingerprint density at radius 1 is 1.32 bits per heavy atom. The van der Waals surface area contributed by atoms with Gasteiger partial charge in [0, 0.05) is 13.5 Å². The van der Waals surface area contributed by atoms with E-state index in [0.717, 1.165) is 19.3 Å². The third-order valence-electron chi connectivity index (χ3n) is 3.60. The topological polar surface area (TPSA) is 35.5 Å². The van der Waals surface area contributed by atoms with Crippen LogP contribution in [0.25, 0.3) is 0 Å². The molecule has 1 fully saturated rings. The summed E-state index contributed by atoms with van der Waals surface area (Å²) in [6, 6.07) is 4.75. The Labute approximate surface area is 112 Å². The van der Waals surface area contributed by atoms with Crippen molar-refractivity contribution >= 4 is 5.97 Å². The molecular weight excluding hydrogens is 247 g/mol. The molecular formula is C15H19FO3. The molecule has 1 aromatic rings. The van der Waals surface area contributed by atoms with E-state index in [1.165, 1.54) is 6.07 Å². The monoisotopic (exact) mass is 266 g/mol. The van der Waals surface area contributed by atoms with Crippen LogP contribution in [-0.4, -0.2) is 25.3 Å². The number of methoxy groups -OCH3 is 1. The smallest absolute Gasteiger partial charge is 0.341 e. The third kappa shape index (κ3) is 3.32. The fourth-order valence-corrected chi connectivity index (χ4v) is 2.44. The molecule has 19 heavy (non-hydrogen) atoms. The van der Waals surface area contributed by atoms with Gasteiger partial charge in [0.15, 0.2) is 0 Å². The summed E-state index contributed by atoms with van der Waals surface area (Å²) in [6.45, 7) is 1.63. The van der Waals surface area contributed by atoms with E-state index >= 15 is 0 Å². The third-order valence-corrected chi connectivity index (χ3v) is 3.60. The predicted octanol–water partition coefficient (Wildman–Crippen LogP) is 3.25. The molecule has 104 valence electrons. The Bertz CT molecular complexity index is 459. The minimum absolute atomic E-state index is 0.0135. The number of hydrogen-bond acceptors (Lipinski definition) is 3. The number of carbonyl (C=O) groups is 1. The van der Waals surface area contributed by atoms with Crippen LogP contribution in [0.2, 0.25) is 0 Å². The second kappa shape index (κ2) is 6.15. The largest absolute Gasteiger partial charge is 0.459 e. The molecule has 1 saturated carbocycles. The van der Waals surface area contributed by atoms with Crippen LogP contribution in [0.4, 0.5) is 4.39 Å². The predicted molar refractivity (Wildman–Crippen MR) is 69.6 cm³/mol. The Hall–Kier alpha value is -1.42. The van der Waals surface area contributed by atoms with Gasteiger partial charge in [-0.05, 0) is 37.8 Å². The first-order valence-corrected chi connectivity index (χ1v) is 6.60. The SMILES string of the molecule is COC1CCCC(OC(=O)c2cccc(C)c2F)C1. The van der Waals surface area contributed by atoms with Gasteiger partial charge in [-0.1, -0.05) is 12.1 Å². The Morgan fingerprint density at radius 3 is 2.79 bits per heavy atom. The number of aryl methyl sites for hydroxylation is 1. The normalized spacial score (nSPS) is 23.1. The molecule has 0 heterocycles. The molecule has 0 N–H and O–H groups in total. The Balaban J connectivity index is 2.02. The molecule has 0 radical (unpaired) electrons. The second-order valence-corrected chi connectivity index (χ2v) is 4.99. The number of rotatable bonds is 3. The zero-order valence-corrected chi connectivity index (χ0v) is 11.3. The van der Waals surface area contributed by atoms with Gasteiger partial charge in [0.2, 0.25) is 0 Å². The zero-order valence-electron chi connectivity index (χ0n) is 11.3. The quantitative estimate of drug-likeness (QED) is 0.788. The molecule has 0 spiro atoms. The van der Waals surface area contributed by atoms with E-state index in [4.69, 9.17) is 9.47 Å². The molecule has 0 bridgehead atoms. The summed E-state index contributed by atoms with van der Waals surface area (Å²) in [5, 5.41) is 0. The number of carbonyl (C=O) groups excluding carboxylic acids is 1. The molecule has 4 heteroatoms. The van der Waals surface area contributed by atoms with E-state index in [2.05, 4.69) is 0 Å². The number of halogens is 1. The van der Waals surface area contributed by atoms with Gasteiger partial charge in [0.1, 0.15) is 11.9 Å². The van der Waals surface area contributed by atoms with E-state index in [1.54, 1.807) is 26.2 Å². The average Bonchev–Trinajstić information content (AvgIpc) is 2.42. The number of ether oxygens (including phenoxy) is 2. The van der Waals surface area contributed by atoms with Crippen LogP contribution < -0.4 is 0 Å². The van der Waals surface area contributed by atoms with Crippen LogP contribution in [-0.2, 0) is 9.47 Å². The second-order valence-electron chi connectivity index (χ2n) is 4.99. The van der Waals surface area contributed by atoms with Gasteiger partial charge < -0.3 is 9.47 Å². The van der Waals surface area contributed by atoms with E-state index in [0.29, 0.717) is 12.0 Å². The minimum atomic E-state index is -0.581. The highest BCUT2D eigenvalue weighted by Gasteiger charge is 2.26. The maximum absolute atomic E-state index is 13.8. The highest BCUT2D eigenvalue weighted by atomic mass is 19.1. The summed E-state index contributed by atoms with van der Waals surface area (Å²) >= 11 is 0. The molecule has 0 aromatic heterocycles. The molecule has 2 atom stereocenters. The molecule has 0 amide bonds.